The van der Waals surface area contributed by atoms with Crippen LogP contribution in [0.5, 0.6) is 0 Å². The van der Waals surface area contributed by atoms with Crippen LogP contribution in [0.4, 0.5) is 14.5 Å². The summed E-state index contributed by atoms with van der Waals surface area (Å²) in [4.78, 5) is 26.6. The molecule has 0 unspecified atom stereocenters. The van der Waals surface area contributed by atoms with Crippen molar-refractivity contribution in [2.24, 2.45) is 5.92 Å². The fourth-order valence-electron chi connectivity index (χ4n) is 8.39. The Kier molecular flexibility index (Phi) is 11.4. The van der Waals surface area contributed by atoms with Crippen molar-refractivity contribution in [2.75, 3.05) is 18.8 Å². The number of halogens is 2. The van der Waals surface area contributed by atoms with Crippen molar-refractivity contribution in [3.63, 3.8) is 0 Å². The van der Waals surface area contributed by atoms with Gasteiger partial charge in [-0.2, -0.15) is 0 Å². The van der Waals surface area contributed by atoms with Crippen LogP contribution in [0.15, 0.2) is 89.5 Å². The highest BCUT2D eigenvalue weighted by atomic mass is 19.1. The minimum atomic E-state index is -1.03. The van der Waals surface area contributed by atoms with Gasteiger partial charge >= 0.3 is 5.97 Å². The largest absolute Gasteiger partial charge is 0.481 e. The van der Waals surface area contributed by atoms with Crippen LogP contribution in [0.1, 0.15) is 70.4 Å². The molecular formula is C44H46F2N4O5. The number of aliphatic hydroxyl groups excluding tert-OH is 1. The maximum absolute atomic E-state index is 14.0. The van der Waals surface area contributed by atoms with Gasteiger partial charge in [0.2, 0.25) is 0 Å². The molecule has 55 heavy (non-hydrogen) atoms. The number of aryl methyl sites for hydroxylation is 2. The molecule has 286 valence electrons. The zero-order valence-corrected chi connectivity index (χ0v) is 30.8. The lowest BCUT2D eigenvalue weighted by Crippen LogP contribution is -2.58. The Morgan fingerprint density at radius 2 is 1.69 bits per heavy atom. The highest BCUT2D eigenvalue weighted by Gasteiger charge is 2.40. The molecule has 9 nitrogen and oxygen atoms in total. The minimum absolute atomic E-state index is 0.0384. The van der Waals surface area contributed by atoms with Crippen molar-refractivity contribution in [2.45, 2.75) is 76.5 Å². The number of hydrogen-bond acceptors (Lipinski definition) is 7. The molecule has 5 N–H and O–H groups in total. The molecule has 2 heterocycles. The number of hydrogen-bond donors (Lipinski definition) is 4. The number of likely N-dealkylation sites (tertiary alicyclic amines) is 1. The Labute approximate surface area is 319 Å². The molecule has 0 spiro atoms. The van der Waals surface area contributed by atoms with Crippen LogP contribution in [0, 0.1) is 24.5 Å². The summed E-state index contributed by atoms with van der Waals surface area (Å²) in [5.74, 6) is -4.14. The van der Waals surface area contributed by atoms with Crippen molar-refractivity contribution < 1.29 is 33.1 Å². The number of fused-ring (bicyclic) bond motifs is 3. The predicted molar refractivity (Wildman–Crippen MR) is 206 cm³/mol. The zero-order valence-electron chi connectivity index (χ0n) is 30.8. The van der Waals surface area contributed by atoms with E-state index in [1.54, 1.807) is 0 Å². The summed E-state index contributed by atoms with van der Waals surface area (Å²) in [6, 6.07) is 25.1. The molecule has 2 aliphatic carbocycles. The third kappa shape index (κ3) is 8.33. The number of aliphatic hydroxyl groups is 1. The number of benzene rings is 4. The maximum atomic E-state index is 14.0. The molecule has 4 aromatic carbocycles. The number of nitrogens with one attached hydrogen (secondary N) is 1. The van der Waals surface area contributed by atoms with Crippen molar-refractivity contribution in [1.29, 1.82) is 0 Å². The second-order valence-electron chi connectivity index (χ2n) is 14.9. The summed E-state index contributed by atoms with van der Waals surface area (Å²) in [5, 5.41) is 26.4. The van der Waals surface area contributed by atoms with Crippen molar-refractivity contribution in [3.8, 4) is 22.5 Å². The average Bonchev–Trinajstić information content (AvgIpc) is 3.82. The minimum Gasteiger partial charge on any atom is -0.481 e. The highest BCUT2D eigenvalue weighted by molar-refractivity contribution is 5.93. The van der Waals surface area contributed by atoms with Gasteiger partial charge in [0.05, 0.1) is 17.6 Å². The topological polar surface area (TPSA) is 142 Å². The number of amides is 1. The molecule has 2 fully saturated rings. The van der Waals surface area contributed by atoms with E-state index in [4.69, 9.17) is 10.3 Å². The fraction of sp³-hybridized carbons (Fsp3) is 0.341. The molecule has 1 saturated carbocycles. The maximum Gasteiger partial charge on any atom is 0.309 e. The van der Waals surface area contributed by atoms with Crippen LogP contribution in [0.3, 0.4) is 0 Å². The number of rotatable bonds is 8. The molecule has 1 amide bonds. The van der Waals surface area contributed by atoms with E-state index in [0.29, 0.717) is 25.5 Å². The standard InChI is InChI=1S/C22H25F2N3O5.C22H21N/c23-12-5-6-13(15(24)9-12)20-10-17(26-32-20)21(29)25-16-7-8-27(11-14(16)22(30)31)18-3-1-2-4-19(18)28;1-15-13-20-19-10-6-5-9-17(19)14-21(20)22(23)18(15)12-11-16-7-3-2-4-8-16/h5-6,9-10,14,16,18-19,28H,1-4,7-8,11H2,(H,25,29)(H,30,31);2-10,13H,11-12,14,23H2,1H3/t14-,16-,18-,19+;/m0./s1. The monoisotopic (exact) mass is 748 g/mol. The van der Waals surface area contributed by atoms with Gasteiger partial charge in [0.25, 0.3) is 5.91 Å². The predicted octanol–water partition coefficient (Wildman–Crippen LogP) is 7.36. The number of carboxylic acid groups (broad SMARTS) is 1. The number of carbonyl (C=O) groups excluding carboxylic acids is 1. The average molecular weight is 749 g/mol. The van der Waals surface area contributed by atoms with E-state index in [2.05, 4.69) is 78.1 Å². The molecule has 1 aliphatic heterocycles. The van der Waals surface area contributed by atoms with Gasteiger partial charge in [-0.15, -0.1) is 0 Å². The number of aromatic nitrogens is 1. The Bertz CT molecular complexity index is 2170. The van der Waals surface area contributed by atoms with Crippen LogP contribution in [-0.4, -0.2) is 63.4 Å². The second-order valence-corrected chi connectivity index (χ2v) is 14.9. The van der Waals surface area contributed by atoms with E-state index in [-0.39, 0.29) is 29.6 Å². The number of carboxylic acids is 1. The van der Waals surface area contributed by atoms with E-state index in [1.807, 2.05) is 4.90 Å². The molecule has 0 bridgehead atoms. The van der Waals surface area contributed by atoms with Crippen LogP contribution in [0.25, 0.3) is 22.5 Å². The summed E-state index contributed by atoms with van der Waals surface area (Å²) in [6.07, 6.45) is 6.45. The summed E-state index contributed by atoms with van der Waals surface area (Å²) in [6.45, 7) is 2.98. The lowest BCUT2D eigenvalue weighted by atomic mass is 9.86. The summed E-state index contributed by atoms with van der Waals surface area (Å²) in [7, 11) is 0. The first-order valence-electron chi connectivity index (χ1n) is 19.0. The summed E-state index contributed by atoms with van der Waals surface area (Å²) >= 11 is 0. The summed E-state index contributed by atoms with van der Waals surface area (Å²) < 4.78 is 32.1. The molecule has 1 saturated heterocycles. The number of nitrogens with zero attached hydrogens (tertiary/aromatic N) is 2. The van der Waals surface area contributed by atoms with Gasteiger partial charge in [0.1, 0.15) is 11.6 Å². The lowest BCUT2D eigenvalue weighted by Gasteiger charge is -2.43. The SMILES string of the molecule is Cc1cc2c(c(N)c1CCc1ccccc1)Cc1ccccc1-2.O=C(N[C@H]1CCN([C@H]2CCCC[C@H]2O)C[C@@H]1C(=O)O)c1cc(-c2ccc(F)cc2F)on1. The van der Waals surface area contributed by atoms with E-state index in [0.717, 1.165) is 50.3 Å². The first-order valence-corrected chi connectivity index (χ1v) is 19.0. The molecular weight excluding hydrogens is 703 g/mol. The third-order valence-electron chi connectivity index (χ3n) is 11.4. The smallest absolute Gasteiger partial charge is 0.309 e. The van der Waals surface area contributed by atoms with E-state index in [9.17, 15) is 28.6 Å². The van der Waals surface area contributed by atoms with Crippen molar-refractivity contribution in [3.05, 3.63) is 130 Å². The molecule has 4 atom stereocenters. The number of nitrogen functional groups attached to an aromatic ring is 1. The van der Waals surface area contributed by atoms with Gasteiger partial charge in [-0.3, -0.25) is 14.5 Å². The van der Waals surface area contributed by atoms with Crippen molar-refractivity contribution in [1.82, 2.24) is 15.4 Å². The third-order valence-corrected chi connectivity index (χ3v) is 11.4. The second kappa shape index (κ2) is 16.5. The quantitative estimate of drug-likeness (QED) is 0.118. The van der Waals surface area contributed by atoms with Gasteiger partial charge in [-0.25, -0.2) is 8.78 Å². The number of aliphatic carboxylic acids is 1. The van der Waals surface area contributed by atoms with Crippen LogP contribution >= 0.6 is 0 Å². The summed E-state index contributed by atoms with van der Waals surface area (Å²) in [5.41, 5.74) is 16.8. The molecule has 5 aromatic rings. The first kappa shape index (κ1) is 37.9. The first-order chi connectivity index (χ1) is 26.6. The van der Waals surface area contributed by atoms with Crippen LogP contribution in [0.2, 0.25) is 0 Å². The number of carbonyl (C=O) groups is 2. The van der Waals surface area contributed by atoms with Gasteiger partial charge in [-0.1, -0.05) is 78.7 Å². The molecule has 3 aliphatic rings. The van der Waals surface area contributed by atoms with Gasteiger partial charge in [-0.05, 0) is 90.1 Å². The van der Waals surface area contributed by atoms with Crippen molar-refractivity contribution >= 4 is 17.6 Å². The Morgan fingerprint density at radius 3 is 2.45 bits per heavy atom. The van der Waals surface area contributed by atoms with E-state index in [1.165, 1.54) is 51.1 Å². The van der Waals surface area contributed by atoms with Gasteiger partial charge < -0.3 is 25.8 Å². The van der Waals surface area contributed by atoms with Gasteiger partial charge in [0.15, 0.2) is 11.5 Å². The van der Waals surface area contributed by atoms with Crippen LogP contribution in [-0.2, 0) is 24.1 Å². The normalized spacial score (nSPS) is 20.5. The molecule has 8 rings (SSSR count). The van der Waals surface area contributed by atoms with Crippen LogP contribution < -0.4 is 11.1 Å². The molecule has 0 radical (unpaired) electrons. The lowest BCUT2D eigenvalue weighted by molar-refractivity contribution is -0.145. The molecule has 11 heteroatoms. The number of anilines is 1. The number of nitrogens with two attached hydrogens (primary N) is 1. The molecule has 1 aromatic heterocycles. The Hall–Kier alpha value is -5.39. The zero-order chi connectivity index (χ0) is 38.6. The van der Waals surface area contributed by atoms with Gasteiger partial charge in [0, 0.05) is 49.4 Å². The van der Waals surface area contributed by atoms with E-state index >= 15 is 0 Å². The highest BCUT2D eigenvalue weighted by Crippen LogP contribution is 2.42. The van der Waals surface area contributed by atoms with E-state index < -0.39 is 41.6 Å². The number of piperidine rings is 1. The Balaban J connectivity index is 0.000000178. The fourth-order valence-corrected chi connectivity index (χ4v) is 8.39. The Morgan fingerprint density at radius 1 is 0.927 bits per heavy atom.